The van der Waals surface area contributed by atoms with E-state index in [1.54, 1.807) is 0 Å². The first-order valence-corrected chi connectivity index (χ1v) is 11.0. The van der Waals surface area contributed by atoms with Gasteiger partial charge in [0.15, 0.2) is 0 Å². The lowest BCUT2D eigenvalue weighted by atomic mass is 9.87. The quantitative estimate of drug-likeness (QED) is 0.563. The maximum Gasteiger partial charge on any atom is 0.218 e. The van der Waals surface area contributed by atoms with Crippen molar-refractivity contribution in [2.45, 2.75) is 42.0 Å². The molecule has 0 bridgehead atoms. The highest BCUT2D eigenvalue weighted by Crippen LogP contribution is 2.29. The summed E-state index contributed by atoms with van der Waals surface area (Å²) in [7, 11) is -1.31. The van der Waals surface area contributed by atoms with E-state index in [0.29, 0.717) is 12.5 Å². The molecular formula is C25H25NO2S. The summed E-state index contributed by atoms with van der Waals surface area (Å²) < 4.78 is 19.2. The summed E-state index contributed by atoms with van der Waals surface area (Å²) in [6.45, 7) is 7.02. The lowest BCUT2D eigenvalue weighted by Gasteiger charge is -2.19. The average Bonchev–Trinajstić information content (AvgIpc) is 3.23. The van der Waals surface area contributed by atoms with E-state index in [1.807, 2.05) is 54.6 Å². The highest BCUT2D eigenvalue weighted by Gasteiger charge is 2.25. The van der Waals surface area contributed by atoms with Gasteiger partial charge < -0.3 is 4.74 Å². The summed E-state index contributed by atoms with van der Waals surface area (Å²) in [4.78, 5) is 6.28. The Balaban J connectivity index is 1.64. The Morgan fingerprint density at radius 3 is 2.24 bits per heavy atom. The molecule has 0 radical (unpaired) electrons. The molecule has 1 unspecified atom stereocenters. The van der Waals surface area contributed by atoms with Crippen LogP contribution in [0, 0.1) is 0 Å². The van der Waals surface area contributed by atoms with Gasteiger partial charge in [-0.3, -0.25) is 0 Å². The van der Waals surface area contributed by atoms with Crippen molar-refractivity contribution in [2.24, 2.45) is 4.99 Å². The van der Waals surface area contributed by atoms with Crippen LogP contribution in [0.4, 0.5) is 0 Å². The van der Waals surface area contributed by atoms with E-state index in [1.165, 1.54) is 5.56 Å². The van der Waals surface area contributed by atoms with Crippen LogP contribution < -0.4 is 0 Å². The summed E-state index contributed by atoms with van der Waals surface area (Å²) in [5.74, 6) is 0.564. The standard InChI is InChI=1S/C25H25NO2S/c1-25(2,3)19-13-15-20(16-14-19)29(27)23-12-8-7-11-21(23)24-26-22(17-28-24)18-9-5-4-6-10-18/h4-16,22H,17H2,1-3H3/t22?,29-/m1/s1. The molecule has 3 nitrogen and oxygen atoms in total. The van der Waals surface area contributed by atoms with Gasteiger partial charge in [-0.15, -0.1) is 0 Å². The molecule has 1 aliphatic rings. The monoisotopic (exact) mass is 403 g/mol. The summed E-state index contributed by atoms with van der Waals surface area (Å²) in [6, 6.07) is 25.8. The molecule has 0 saturated carbocycles. The van der Waals surface area contributed by atoms with Gasteiger partial charge in [0.25, 0.3) is 0 Å². The second-order valence-corrected chi connectivity index (χ2v) is 9.66. The summed E-state index contributed by atoms with van der Waals surface area (Å²) in [5.41, 5.74) is 3.21. The summed E-state index contributed by atoms with van der Waals surface area (Å²) in [5, 5.41) is 0. The first-order valence-electron chi connectivity index (χ1n) is 9.81. The van der Waals surface area contributed by atoms with Crippen molar-refractivity contribution in [1.29, 1.82) is 0 Å². The van der Waals surface area contributed by atoms with Gasteiger partial charge in [-0.2, -0.15) is 0 Å². The smallest absolute Gasteiger partial charge is 0.218 e. The number of hydrogen-bond donors (Lipinski definition) is 0. The molecule has 0 aromatic heterocycles. The van der Waals surface area contributed by atoms with Crippen LogP contribution in [0.25, 0.3) is 0 Å². The highest BCUT2D eigenvalue weighted by molar-refractivity contribution is 7.85. The van der Waals surface area contributed by atoms with Gasteiger partial charge >= 0.3 is 0 Å². The van der Waals surface area contributed by atoms with Crippen LogP contribution >= 0.6 is 0 Å². The molecule has 0 N–H and O–H groups in total. The molecule has 1 heterocycles. The molecule has 0 spiro atoms. The molecule has 1 aliphatic heterocycles. The molecule has 29 heavy (non-hydrogen) atoms. The number of benzene rings is 3. The predicted octanol–water partition coefficient (Wildman–Crippen LogP) is 5.67. The Morgan fingerprint density at radius 1 is 0.897 bits per heavy atom. The maximum absolute atomic E-state index is 13.3. The normalized spacial score (nSPS) is 17.5. The SMILES string of the molecule is CC(C)(C)c1ccc([S@@](=O)c2ccccc2C2=NC(c3ccccc3)CO2)cc1. The van der Waals surface area contributed by atoms with Gasteiger partial charge in [-0.05, 0) is 40.8 Å². The Morgan fingerprint density at radius 2 is 1.55 bits per heavy atom. The van der Waals surface area contributed by atoms with Crippen molar-refractivity contribution in [3.8, 4) is 0 Å². The third-order valence-electron chi connectivity index (χ3n) is 5.09. The second-order valence-electron chi connectivity index (χ2n) is 8.21. The number of nitrogens with zero attached hydrogens (tertiary/aromatic N) is 1. The van der Waals surface area contributed by atoms with Crippen molar-refractivity contribution in [1.82, 2.24) is 0 Å². The zero-order chi connectivity index (χ0) is 20.4. The third-order valence-corrected chi connectivity index (χ3v) is 6.54. The molecule has 4 heteroatoms. The fraction of sp³-hybridized carbons (Fsp3) is 0.240. The molecule has 0 amide bonds. The Labute approximate surface area is 174 Å². The summed E-state index contributed by atoms with van der Waals surface area (Å²) >= 11 is 0. The molecule has 3 aromatic carbocycles. The Kier molecular flexibility index (Phi) is 5.37. The van der Waals surface area contributed by atoms with Crippen LogP contribution in [0.2, 0.25) is 0 Å². The van der Waals surface area contributed by atoms with Crippen molar-refractivity contribution in [3.05, 3.63) is 95.6 Å². The fourth-order valence-electron chi connectivity index (χ4n) is 3.38. The lowest BCUT2D eigenvalue weighted by molar-refractivity contribution is 0.319. The van der Waals surface area contributed by atoms with Crippen molar-refractivity contribution in [2.75, 3.05) is 6.61 Å². The highest BCUT2D eigenvalue weighted by atomic mass is 32.2. The van der Waals surface area contributed by atoms with Gasteiger partial charge in [-0.1, -0.05) is 75.4 Å². The molecule has 2 atom stereocenters. The van der Waals surface area contributed by atoms with E-state index in [9.17, 15) is 4.21 Å². The van der Waals surface area contributed by atoms with Crippen LogP contribution in [-0.2, 0) is 21.0 Å². The molecule has 0 aliphatic carbocycles. The molecule has 4 rings (SSSR count). The first kappa shape index (κ1) is 19.6. The van der Waals surface area contributed by atoms with Crippen LogP contribution in [0.5, 0.6) is 0 Å². The van der Waals surface area contributed by atoms with E-state index in [2.05, 4.69) is 45.0 Å². The van der Waals surface area contributed by atoms with Gasteiger partial charge in [0.2, 0.25) is 5.90 Å². The number of ether oxygens (including phenoxy) is 1. The minimum Gasteiger partial charge on any atom is -0.475 e. The van der Waals surface area contributed by atoms with E-state index < -0.39 is 10.8 Å². The molecule has 148 valence electrons. The van der Waals surface area contributed by atoms with E-state index in [4.69, 9.17) is 9.73 Å². The maximum atomic E-state index is 13.3. The number of hydrogen-bond acceptors (Lipinski definition) is 3. The Hall–Kier alpha value is -2.72. The lowest BCUT2D eigenvalue weighted by Crippen LogP contribution is -2.11. The first-order chi connectivity index (χ1) is 13.9. The van der Waals surface area contributed by atoms with E-state index in [-0.39, 0.29) is 11.5 Å². The van der Waals surface area contributed by atoms with Gasteiger partial charge in [0, 0.05) is 4.90 Å². The van der Waals surface area contributed by atoms with Crippen molar-refractivity contribution >= 4 is 16.7 Å². The summed E-state index contributed by atoms with van der Waals surface area (Å²) in [6.07, 6.45) is 0. The second kappa shape index (κ2) is 7.96. The average molecular weight is 404 g/mol. The predicted molar refractivity (Wildman–Crippen MR) is 118 cm³/mol. The van der Waals surface area contributed by atoms with Gasteiger partial charge in [0.1, 0.15) is 12.6 Å². The fourth-order valence-corrected chi connectivity index (χ4v) is 4.57. The largest absolute Gasteiger partial charge is 0.475 e. The number of aliphatic imine (C=N–C) groups is 1. The molecule has 0 fully saturated rings. The van der Waals surface area contributed by atoms with Crippen LogP contribution in [-0.4, -0.2) is 16.7 Å². The van der Waals surface area contributed by atoms with Crippen molar-refractivity contribution in [3.63, 3.8) is 0 Å². The minimum atomic E-state index is -1.31. The van der Waals surface area contributed by atoms with E-state index in [0.717, 1.165) is 20.9 Å². The minimum absolute atomic E-state index is 0.0289. The van der Waals surface area contributed by atoms with E-state index >= 15 is 0 Å². The van der Waals surface area contributed by atoms with Crippen LogP contribution in [0.3, 0.4) is 0 Å². The van der Waals surface area contributed by atoms with Crippen LogP contribution in [0.1, 0.15) is 43.5 Å². The van der Waals surface area contributed by atoms with Gasteiger partial charge in [-0.25, -0.2) is 9.20 Å². The van der Waals surface area contributed by atoms with Crippen molar-refractivity contribution < 1.29 is 8.95 Å². The molecular weight excluding hydrogens is 378 g/mol. The third kappa shape index (κ3) is 4.18. The zero-order valence-electron chi connectivity index (χ0n) is 17.0. The molecule has 3 aromatic rings. The Bertz CT molecular complexity index is 1050. The van der Waals surface area contributed by atoms with Gasteiger partial charge in [0.05, 0.1) is 21.3 Å². The zero-order valence-corrected chi connectivity index (χ0v) is 17.8. The number of rotatable bonds is 4. The molecule has 0 saturated heterocycles. The topological polar surface area (TPSA) is 38.7 Å². The van der Waals surface area contributed by atoms with Crippen LogP contribution in [0.15, 0.2) is 93.6 Å².